The predicted octanol–water partition coefficient (Wildman–Crippen LogP) is 3.87. The Morgan fingerprint density at radius 2 is 2.10 bits per heavy atom. The van der Waals surface area contributed by atoms with Gasteiger partial charge in [-0.1, -0.05) is 18.0 Å². The van der Waals surface area contributed by atoms with E-state index in [0.717, 1.165) is 19.3 Å². The molecule has 0 saturated carbocycles. The van der Waals surface area contributed by atoms with Crippen LogP contribution in [0.25, 0.3) is 0 Å². The van der Waals surface area contributed by atoms with Gasteiger partial charge in [0.15, 0.2) is 0 Å². The van der Waals surface area contributed by atoms with Crippen molar-refractivity contribution in [2.24, 2.45) is 5.41 Å². The molecule has 4 nitrogen and oxygen atoms in total. The minimum Gasteiger partial charge on any atom is -0.478 e. The summed E-state index contributed by atoms with van der Waals surface area (Å²) in [5, 5.41) is 18.0. The van der Waals surface area contributed by atoms with Gasteiger partial charge in [0.1, 0.15) is 0 Å². The van der Waals surface area contributed by atoms with Crippen molar-refractivity contribution in [3.05, 3.63) is 28.8 Å². The highest BCUT2D eigenvalue weighted by Gasteiger charge is 2.16. The third-order valence-electron chi connectivity index (χ3n) is 3.12. The van der Waals surface area contributed by atoms with E-state index in [1.165, 1.54) is 12.1 Å². The minimum atomic E-state index is -1.25. The van der Waals surface area contributed by atoms with Crippen LogP contribution in [0.1, 0.15) is 43.5 Å². The highest BCUT2D eigenvalue weighted by atomic mass is 35.5. The summed E-state index contributed by atoms with van der Waals surface area (Å²) in [6.07, 6.45) is 2.29. The summed E-state index contributed by atoms with van der Waals surface area (Å²) in [7, 11) is -1.25. The Labute approximate surface area is 132 Å². The number of hydrogen-bond donors (Lipinski definition) is 1. The first kappa shape index (κ1) is 17.7. The van der Waals surface area contributed by atoms with Crippen LogP contribution in [-0.2, 0) is 10.8 Å². The van der Waals surface area contributed by atoms with Crippen molar-refractivity contribution < 1.29 is 14.1 Å². The molecular formula is C15H18ClNO3S. The Kier molecular flexibility index (Phi) is 6.38. The molecule has 1 aromatic rings. The molecule has 0 spiro atoms. The molecule has 0 amide bonds. The third kappa shape index (κ3) is 5.49. The normalized spacial score (nSPS) is 12.7. The number of rotatable bonds is 7. The average Bonchev–Trinajstić information content (AvgIpc) is 2.43. The molecule has 6 heteroatoms. The fourth-order valence-electron chi connectivity index (χ4n) is 1.78. The maximum Gasteiger partial charge on any atom is 0.337 e. The molecule has 0 bridgehead atoms. The fourth-order valence-corrected chi connectivity index (χ4v) is 3.15. The number of carboxylic acid groups (broad SMARTS) is 1. The summed E-state index contributed by atoms with van der Waals surface area (Å²) in [5.74, 6) is -0.683. The average molecular weight is 328 g/mol. The first-order valence-corrected chi connectivity index (χ1v) is 8.29. The zero-order valence-corrected chi connectivity index (χ0v) is 13.6. The number of unbranched alkanes of at least 4 members (excludes halogenated alkanes) is 1. The first-order chi connectivity index (χ1) is 9.76. The first-order valence-electron chi connectivity index (χ1n) is 6.59. The van der Waals surface area contributed by atoms with Gasteiger partial charge in [-0.3, -0.25) is 4.21 Å². The Bertz CT molecular complexity index is 593. The van der Waals surface area contributed by atoms with Crippen molar-refractivity contribution in [3.63, 3.8) is 0 Å². The molecule has 0 heterocycles. The van der Waals surface area contributed by atoms with Crippen LogP contribution in [0.15, 0.2) is 23.1 Å². The van der Waals surface area contributed by atoms with E-state index in [9.17, 15) is 9.00 Å². The van der Waals surface area contributed by atoms with E-state index in [1.807, 2.05) is 13.8 Å². The maximum atomic E-state index is 12.1. The molecule has 1 rings (SSSR count). The Morgan fingerprint density at radius 1 is 1.43 bits per heavy atom. The molecule has 1 aromatic carbocycles. The Morgan fingerprint density at radius 3 is 2.67 bits per heavy atom. The topological polar surface area (TPSA) is 78.2 Å². The summed E-state index contributed by atoms with van der Waals surface area (Å²) in [4.78, 5) is 11.5. The summed E-state index contributed by atoms with van der Waals surface area (Å²) >= 11 is 5.78. The van der Waals surface area contributed by atoms with Crippen LogP contribution >= 0.6 is 11.6 Å². The molecule has 1 N–H and O–H groups in total. The van der Waals surface area contributed by atoms with E-state index < -0.39 is 16.8 Å². The number of nitriles is 1. The molecule has 0 aliphatic rings. The van der Waals surface area contributed by atoms with Gasteiger partial charge in [0.2, 0.25) is 0 Å². The van der Waals surface area contributed by atoms with Gasteiger partial charge >= 0.3 is 5.97 Å². The van der Waals surface area contributed by atoms with Gasteiger partial charge in [0, 0.05) is 10.6 Å². The Balaban J connectivity index is 2.59. The van der Waals surface area contributed by atoms with E-state index in [1.54, 1.807) is 6.07 Å². The second kappa shape index (κ2) is 7.58. The maximum absolute atomic E-state index is 12.1. The molecule has 21 heavy (non-hydrogen) atoms. The molecule has 0 radical (unpaired) electrons. The van der Waals surface area contributed by atoms with Crippen molar-refractivity contribution in [1.29, 1.82) is 5.26 Å². The summed E-state index contributed by atoms with van der Waals surface area (Å²) in [5.41, 5.74) is -0.397. The van der Waals surface area contributed by atoms with Crippen LogP contribution in [-0.4, -0.2) is 21.0 Å². The van der Waals surface area contributed by atoms with Crippen molar-refractivity contribution in [3.8, 4) is 6.07 Å². The SMILES string of the molecule is CC(C)(C#N)CCCCS(=O)c1ccc(Cl)c(C(=O)O)c1. The van der Waals surface area contributed by atoms with Gasteiger partial charge in [-0.05, 0) is 44.9 Å². The fraction of sp³-hybridized carbons (Fsp3) is 0.467. The second-order valence-corrected chi connectivity index (χ2v) is 7.43. The van der Waals surface area contributed by atoms with E-state index in [0.29, 0.717) is 10.6 Å². The second-order valence-electron chi connectivity index (χ2n) is 5.45. The lowest BCUT2D eigenvalue weighted by molar-refractivity contribution is 0.0697. The van der Waals surface area contributed by atoms with Crippen molar-refractivity contribution in [2.45, 2.75) is 38.0 Å². The summed E-state index contributed by atoms with van der Waals surface area (Å²) in [6.45, 7) is 3.75. The molecule has 0 aliphatic carbocycles. The smallest absolute Gasteiger partial charge is 0.337 e. The van der Waals surface area contributed by atoms with Crippen LogP contribution in [0.5, 0.6) is 0 Å². The van der Waals surface area contributed by atoms with Crippen molar-refractivity contribution in [2.75, 3.05) is 5.75 Å². The number of hydrogen-bond acceptors (Lipinski definition) is 3. The molecular weight excluding hydrogens is 310 g/mol. The van der Waals surface area contributed by atoms with Crippen LogP contribution in [0.3, 0.4) is 0 Å². The molecule has 114 valence electrons. The number of benzene rings is 1. The quantitative estimate of drug-likeness (QED) is 0.771. The lowest BCUT2D eigenvalue weighted by atomic mass is 9.89. The van der Waals surface area contributed by atoms with Crippen LogP contribution < -0.4 is 0 Å². The lowest BCUT2D eigenvalue weighted by Gasteiger charge is -2.14. The number of aromatic carboxylic acids is 1. The van der Waals surface area contributed by atoms with Crippen LogP contribution in [0.4, 0.5) is 0 Å². The molecule has 0 fully saturated rings. The van der Waals surface area contributed by atoms with Gasteiger partial charge in [0.05, 0.1) is 32.9 Å². The standard InChI is InChI=1S/C15H18ClNO3S/c1-15(2,10-17)7-3-4-8-21(20)11-5-6-13(16)12(9-11)14(18)19/h5-6,9H,3-4,7-8H2,1-2H3,(H,18,19). The van der Waals surface area contributed by atoms with Gasteiger partial charge in [0.25, 0.3) is 0 Å². The lowest BCUT2D eigenvalue weighted by Crippen LogP contribution is -2.08. The van der Waals surface area contributed by atoms with E-state index in [2.05, 4.69) is 6.07 Å². The van der Waals surface area contributed by atoms with Crippen LogP contribution in [0.2, 0.25) is 5.02 Å². The number of halogens is 1. The zero-order chi connectivity index (χ0) is 16.0. The summed E-state index contributed by atoms with van der Waals surface area (Å²) in [6, 6.07) is 6.64. The van der Waals surface area contributed by atoms with Crippen molar-refractivity contribution >= 4 is 28.4 Å². The van der Waals surface area contributed by atoms with E-state index in [4.69, 9.17) is 22.0 Å². The van der Waals surface area contributed by atoms with Crippen molar-refractivity contribution in [1.82, 2.24) is 0 Å². The minimum absolute atomic E-state index is 0.0341. The van der Waals surface area contributed by atoms with Crippen LogP contribution in [0, 0.1) is 16.7 Å². The third-order valence-corrected chi connectivity index (χ3v) is 4.88. The van der Waals surface area contributed by atoms with Gasteiger partial charge in [-0.15, -0.1) is 0 Å². The van der Waals surface area contributed by atoms with Gasteiger partial charge in [-0.2, -0.15) is 5.26 Å². The highest BCUT2D eigenvalue weighted by Crippen LogP contribution is 2.23. The summed E-state index contributed by atoms with van der Waals surface area (Å²) < 4.78 is 12.1. The molecule has 0 aromatic heterocycles. The van der Waals surface area contributed by atoms with Gasteiger partial charge < -0.3 is 5.11 Å². The monoisotopic (exact) mass is 327 g/mol. The Hall–Kier alpha value is -1.38. The molecule has 0 aliphatic heterocycles. The largest absolute Gasteiger partial charge is 0.478 e. The number of nitrogens with zero attached hydrogens (tertiary/aromatic N) is 1. The van der Waals surface area contributed by atoms with E-state index >= 15 is 0 Å². The molecule has 1 unspecified atom stereocenters. The molecule has 0 saturated heterocycles. The zero-order valence-electron chi connectivity index (χ0n) is 12.1. The van der Waals surface area contributed by atoms with Gasteiger partial charge in [-0.25, -0.2) is 4.79 Å². The van der Waals surface area contributed by atoms with E-state index in [-0.39, 0.29) is 16.0 Å². The predicted molar refractivity (Wildman–Crippen MR) is 82.9 cm³/mol. The number of carboxylic acids is 1. The molecule has 1 atom stereocenters. The highest BCUT2D eigenvalue weighted by molar-refractivity contribution is 7.85. The number of carbonyl (C=O) groups is 1.